The van der Waals surface area contributed by atoms with Crippen LogP contribution in [0.5, 0.6) is 0 Å². The van der Waals surface area contributed by atoms with Crippen molar-refractivity contribution in [3.05, 3.63) is 23.8 Å². The third-order valence-electron chi connectivity index (χ3n) is 3.44. The molecule has 16 heavy (non-hydrogen) atoms. The summed E-state index contributed by atoms with van der Waals surface area (Å²) >= 11 is 0. The molecule has 1 aliphatic heterocycles. The van der Waals surface area contributed by atoms with Crippen molar-refractivity contribution >= 4 is 0 Å². The number of piperidine rings is 1. The first kappa shape index (κ1) is 11.5. The van der Waals surface area contributed by atoms with Crippen LogP contribution in [0.1, 0.15) is 44.1 Å². The molecule has 3 heteroatoms. The standard InChI is InChI=1S/C13H21N3/c1-10(2)16-8-5-12(6-9-16)13-14-7-4-11(3)15-13/h4,7,10,12H,5-6,8-9H2,1-3H3. The highest BCUT2D eigenvalue weighted by Gasteiger charge is 2.23. The lowest BCUT2D eigenvalue weighted by Crippen LogP contribution is -2.38. The fraction of sp³-hybridized carbons (Fsp3) is 0.692. The van der Waals surface area contributed by atoms with Gasteiger partial charge in [0.25, 0.3) is 0 Å². The summed E-state index contributed by atoms with van der Waals surface area (Å²) in [5, 5.41) is 0. The maximum Gasteiger partial charge on any atom is 0.131 e. The van der Waals surface area contributed by atoms with Gasteiger partial charge in [-0.15, -0.1) is 0 Å². The Morgan fingerprint density at radius 2 is 2.00 bits per heavy atom. The average molecular weight is 219 g/mol. The van der Waals surface area contributed by atoms with E-state index in [-0.39, 0.29) is 0 Å². The van der Waals surface area contributed by atoms with Crippen molar-refractivity contribution in [3.8, 4) is 0 Å². The Kier molecular flexibility index (Phi) is 3.54. The van der Waals surface area contributed by atoms with Gasteiger partial charge in [-0.3, -0.25) is 0 Å². The fourth-order valence-electron chi connectivity index (χ4n) is 2.34. The van der Waals surface area contributed by atoms with Crippen molar-refractivity contribution in [2.24, 2.45) is 0 Å². The van der Waals surface area contributed by atoms with Crippen LogP contribution in [-0.4, -0.2) is 34.0 Å². The van der Waals surface area contributed by atoms with E-state index in [4.69, 9.17) is 0 Å². The molecule has 0 aromatic carbocycles. The van der Waals surface area contributed by atoms with E-state index in [0.717, 1.165) is 11.5 Å². The van der Waals surface area contributed by atoms with Crippen LogP contribution in [-0.2, 0) is 0 Å². The molecule has 0 spiro atoms. The maximum atomic E-state index is 4.54. The van der Waals surface area contributed by atoms with E-state index < -0.39 is 0 Å². The largest absolute Gasteiger partial charge is 0.301 e. The minimum Gasteiger partial charge on any atom is -0.301 e. The molecule has 1 aromatic heterocycles. The molecular formula is C13H21N3. The summed E-state index contributed by atoms with van der Waals surface area (Å²) in [6.07, 6.45) is 4.27. The van der Waals surface area contributed by atoms with E-state index in [1.807, 2.05) is 19.2 Å². The summed E-state index contributed by atoms with van der Waals surface area (Å²) in [5.74, 6) is 1.61. The zero-order chi connectivity index (χ0) is 11.5. The van der Waals surface area contributed by atoms with Gasteiger partial charge in [0, 0.05) is 23.9 Å². The van der Waals surface area contributed by atoms with Crippen LogP contribution in [0.2, 0.25) is 0 Å². The van der Waals surface area contributed by atoms with Crippen molar-refractivity contribution in [2.75, 3.05) is 13.1 Å². The van der Waals surface area contributed by atoms with Gasteiger partial charge in [-0.25, -0.2) is 9.97 Å². The van der Waals surface area contributed by atoms with Crippen molar-refractivity contribution in [2.45, 2.75) is 45.6 Å². The van der Waals surface area contributed by atoms with Crippen LogP contribution < -0.4 is 0 Å². The van der Waals surface area contributed by atoms with Gasteiger partial charge in [-0.2, -0.15) is 0 Å². The lowest BCUT2D eigenvalue weighted by Gasteiger charge is -2.33. The number of aryl methyl sites for hydroxylation is 1. The topological polar surface area (TPSA) is 29.0 Å². The van der Waals surface area contributed by atoms with Gasteiger partial charge >= 0.3 is 0 Å². The Balaban J connectivity index is 1.99. The highest BCUT2D eigenvalue weighted by Crippen LogP contribution is 2.26. The summed E-state index contributed by atoms with van der Waals surface area (Å²) in [6.45, 7) is 8.93. The van der Waals surface area contributed by atoms with Crippen LogP contribution >= 0.6 is 0 Å². The van der Waals surface area contributed by atoms with E-state index in [0.29, 0.717) is 12.0 Å². The summed E-state index contributed by atoms with van der Waals surface area (Å²) in [6, 6.07) is 2.63. The summed E-state index contributed by atoms with van der Waals surface area (Å²) in [7, 11) is 0. The highest BCUT2D eigenvalue weighted by atomic mass is 15.1. The van der Waals surface area contributed by atoms with Gasteiger partial charge in [0.2, 0.25) is 0 Å². The molecule has 1 saturated heterocycles. The third kappa shape index (κ3) is 2.59. The van der Waals surface area contributed by atoms with Gasteiger partial charge < -0.3 is 4.90 Å². The predicted octanol–water partition coefficient (Wildman–Crippen LogP) is 2.37. The molecule has 0 atom stereocenters. The molecule has 0 unspecified atom stereocenters. The molecule has 3 nitrogen and oxygen atoms in total. The van der Waals surface area contributed by atoms with Crippen molar-refractivity contribution in [1.29, 1.82) is 0 Å². The third-order valence-corrected chi connectivity index (χ3v) is 3.44. The Hall–Kier alpha value is -0.960. The quantitative estimate of drug-likeness (QED) is 0.764. The highest BCUT2D eigenvalue weighted by molar-refractivity contribution is 5.05. The first-order valence-electron chi connectivity index (χ1n) is 6.20. The van der Waals surface area contributed by atoms with E-state index in [1.54, 1.807) is 0 Å². The number of hydrogen-bond acceptors (Lipinski definition) is 3. The summed E-state index contributed by atoms with van der Waals surface area (Å²) in [4.78, 5) is 11.5. The van der Waals surface area contributed by atoms with E-state index in [9.17, 15) is 0 Å². The summed E-state index contributed by atoms with van der Waals surface area (Å²) in [5.41, 5.74) is 1.08. The van der Waals surface area contributed by atoms with Crippen molar-refractivity contribution < 1.29 is 0 Å². The van der Waals surface area contributed by atoms with E-state index >= 15 is 0 Å². The lowest BCUT2D eigenvalue weighted by atomic mass is 9.95. The molecule has 2 heterocycles. The number of aromatic nitrogens is 2. The van der Waals surface area contributed by atoms with Crippen LogP contribution in [0.4, 0.5) is 0 Å². The number of rotatable bonds is 2. The van der Waals surface area contributed by atoms with E-state index in [1.165, 1.54) is 25.9 Å². The summed E-state index contributed by atoms with van der Waals surface area (Å²) < 4.78 is 0. The first-order valence-corrected chi connectivity index (χ1v) is 6.20. The number of nitrogens with zero attached hydrogens (tertiary/aromatic N) is 3. The van der Waals surface area contributed by atoms with Gasteiger partial charge in [0.1, 0.15) is 5.82 Å². The second-order valence-electron chi connectivity index (χ2n) is 4.96. The average Bonchev–Trinajstić information content (AvgIpc) is 2.29. The molecule has 0 bridgehead atoms. The van der Waals surface area contributed by atoms with E-state index in [2.05, 4.69) is 28.7 Å². The maximum absolute atomic E-state index is 4.54. The monoisotopic (exact) mass is 219 g/mol. The molecule has 0 N–H and O–H groups in total. The molecule has 88 valence electrons. The lowest BCUT2D eigenvalue weighted by molar-refractivity contribution is 0.169. The normalized spacial score (nSPS) is 19.2. The zero-order valence-corrected chi connectivity index (χ0v) is 10.5. The molecule has 1 fully saturated rings. The van der Waals surface area contributed by atoms with Crippen LogP contribution in [0.15, 0.2) is 12.3 Å². The van der Waals surface area contributed by atoms with Crippen molar-refractivity contribution in [3.63, 3.8) is 0 Å². The smallest absolute Gasteiger partial charge is 0.131 e. The number of likely N-dealkylation sites (tertiary alicyclic amines) is 1. The molecule has 0 amide bonds. The molecule has 0 aliphatic carbocycles. The zero-order valence-electron chi connectivity index (χ0n) is 10.5. The van der Waals surface area contributed by atoms with Gasteiger partial charge in [0.15, 0.2) is 0 Å². The van der Waals surface area contributed by atoms with Gasteiger partial charge in [0.05, 0.1) is 0 Å². The fourth-order valence-corrected chi connectivity index (χ4v) is 2.34. The second kappa shape index (κ2) is 4.91. The second-order valence-corrected chi connectivity index (χ2v) is 4.96. The number of hydrogen-bond donors (Lipinski definition) is 0. The molecule has 1 aliphatic rings. The molecule has 2 rings (SSSR count). The molecular weight excluding hydrogens is 198 g/mol. The SMILES string of the molecule is Cc1ccnc(C2CCN(C(C)C)CC2)n1. The Labute approximate surface area is 97.9 Å². The predicted molar refractivity (Wildman–Crippen MR) is 65.5 cm³/mol. The van der Waals surface area contributed by atoms with Crippen LogP contribution in [0.3, 0.4) is 0 Å². The Bertz CT molecular complexity index is 341. The minimum atomic E-state index is 0.565. The Morgan fingerprint density at radius 3 is 2.56 bits per heavy atom. The van der Waals surface area contributed by atoms with Crippen LogP contribution in [0.25, 0.3) is 0 Å². The Morgan fingerprint density at radius 1 is 1.31 bits per heavy atom. The van der Waals surface area contributed by atoms with Crippen molar-refractivity contribution in [1.82, 2.24) is 14.9 Å². The first-order chi connectivity index (χ1) is 7.66. The van der Waals surface area contributed by atoms with Gasteiger partial charge in [-0.05, 0) is 52.8 Å². The van der Waals surface area contributed by atoms with Gasteiger partial charge in [-0.1, -0.05) is 0 Å². The molecule has 1 aromatic rings. The van der Waals surface area contributed by atoms with Crippen LogP contribution in [0, 0.1) is 6.92 Å². The molecule has 0 radical (unpaired) electrons. The minimum absolute atomic E-state index is 0.565. The molecule has 0 saturated carbocycles.